The van der Waals surface area contributed by atoms with Crippen LogP contribution in [0.2, 0.25) is 0 Å². The van der Waals surface area contributed by atoms with Crippen LogP contribution in [-0.2, 0) is 11.3 Å². The Balaban J connectivity index is 2.10. The average molecular weight is 300 g/mol. The molecule has 2 aromatic rings. The van der Waals surface area contributed by atoms with E-state index in [0.717, 1.165) is 5.69 Å². The highest BCUT2D eigenvalue weighted by Gasteiger charge is 2.10. The maximum atomic E-state index is 11.3. The molecule has 0 bridgehead atoms. The molecule has 116 valence electrons. The quantitative estimate of drug-likeness (QED) is 0.787. The van der Waals surface area contributed by atoms with E-state index in [-0.39, 0.29) is 5.69 Å². The Morgan fingerprint density at radius 1 is 1.14 bits per heavy atom. The lowest BCUT2D eigenvalue weighted by Crippen LogP contribution is -2.19. The van der Waals surface area contributed by atoms with Gasteiger partial charge < -0.3 is 14.5 Å². The Morgan fingerprint density at radius 3 is 2.50 bits per heavy atom. The third kappa shape index (κ3) is 3.72. The number of hydrogen-bond donors (Lipinski definition) is 0. The van der Waals surface area contributed by atoms with Crippen molar-refractivity contribution in [3.8, 4) is 0 Å². The molecule has 6 nitrogen and oxygen atoms in total. The summed E-state index contributed by atoms with van der Waals surface area (Å²) in [5.41, 5.74) is 2.53. The van der Waals surface area contributed by atoms with Gasteiger partial charge in [-0.1, -0.05) is 12.1 Å². The number of esters is 1. The minimum Gasteiger partial charge on any atom is -0.464 e. The Hall–Kier alpha value is -2.63. The lowest BCUT2D eigenvalue weighted by atomic mass is 10.2. The summed E-state index contributed by atoms with van der Waals surface area (Å²) in [7, 11) is 7.28. The van der Waals surface area contributed by atoms with E-state index in [2.05, 4.69) is 38.0 Å². The summed E-state index contributed by atoms with van der Waals surface area (Å²) in [6.07, 6.45) is 0. The van der Waals surface area contributed by atoms with E-state index < -0.39 is 5.97 Å². The largest absolute Gasteiger partial charge is 0.464 e. The number of carbonyl (C=O) groups is 1. The van der Waals surface area contributed by atoms with Crippen LogP contribution in [0.15, 0.2) is 36.4 Å². The first kappa shape index (κ1) is 15.8. The predicted molar refractivity (Wildman–Crippen MR) is 86.2 cm³/mol. The standard InChI is InChI=1S/C16H20N4O2/c1-19(2)13-7-5-6-12(10-13)11-20(3)15-9-8-14(17-18-15)16(21)22-4/h5-10H,11H2,1-4H3. The monoisotopic (exact) mass is 300 g/mol. The topological polar surface area (TPSA) is 58.6 Å². The maximum absolute atomic E-state index is 11.3. The van der Waals surface area contributed by atoms with Gasteiger partial charge >= 0.3 is 5.97 Å². The molecule has 0 fully saturated rings. The maximum Gasteiger partial charge on any atom is 0.358 e. The normalized spacial score (nSPS) is 10.2. The summed E-state index contributed by atoms with van der Waals surface area (Å²) in [5, 5.41) is 7.95. The van der Waals surface area contributed by atoms with Crippen LogP contribution in [0.4, 0.5) is 11.5 Å². The van der Waals surface area contributed by atoms with Crippen molar-refractivity contribution in [2.24, 2.45) is 0 Å². The fourth-order valence-corrected chi connectivity index (χ4v) is 2.03. The molecule has 1 aromatic carbocycles. The minimum atomic E-state index is -0.486. The third-order valence-electron chi connectivity index (χ3n) is 3.28. The zero-order valence-corrected chi connectivity index (χ0v) is 13.3. The van der Waals surface area contributed by atoms with E-state index in [1.165, 1.54) is 12.7 Å². The van der Waals surface area contributed by atoms with Gasteiger partial charge in [-0.25, -0.2) is 4.79 Å². The Kier molecular flexibility index (Phi) is 4.93. The zero-order chi connectivity index (χ0) is 16.1. The summed E-state index contributed by atoms with van der Waals surface area (Å²) in [6, 6.07) is 11.7. The molecule has 0 saturated heterocycles. The van der Waals surface area contributed by atoms with Crippen molar-refractivity contribution in [3.63, 3.8) is 0 Å². The summed E-state index contributed by atoms with van der Waals surface area (Å²) in [5.74, 6) is 0.211. The highest BCUT2D eigenvalue weighted by Crippen LogP contribution is 2.17. The van der Waals surface area contributed by atoms with Gasteiger partial charge in [0, 0.05) is 33.4 Å². The van der Waals surface area contributed by atoms with Crippen LogP contribution >= 0.6 is 0 Å². The summed E-state index contributed by atoms with van der Waals surface area (Å²) < 4.78 is 4.61. The van der Waals surface area contributed by atoms with Gasteiger partial charge in [0.15, 0.2) is 11.5 Å². The molecule has 6 heteroatoms. The molecule has 0 aliphatic rings. The van der Waals surface area contributed by atoms with E-state index in [0.29, 0.717) is 12.4 Å². The van der Waals surface area contributed by atoms with E-state index in [1.54, 1.807) is 12.1 Å². The number of rotatable bonds is 5. The first-order chi connectivity index (χ1) is 10.5. The van der Waals surface area contributed by atoms with Gasteiger partial charge in [0.1, 0.15) is 0 Å². The molecular weight excluding hydrogens is 280 g/mol. The van der Waals surface area contributed by atoms with Crippen molar-refractivity contribution in [2.75, 3.05) is 38.1 Å². The number of anilines is 2. The first-order valence-corrected chi connectivity index (χ1v) is 6.90. The summed E-state index contributed by atoms with van der Waals surface area (Å²) in [6.45, 7) is 0.702. The van der Waals surface area contributed by atoms with Crippen molar-refractivity contribution < 1.29 is 9.53 Å². The van der Waals surface area contributed by atoms with Crippen LogP contribution in [0, 0.1) is 0 Å². The molecule has 22 heavy (non-hydrogen) atoms. The van der Waals surface area contributed by atoms with Crippen LogP contribution < -0.4 is 9.80 Å². The lowest BCUT2D eigenvalue weighted by Gasteiger charge is -2.19. The number of nitrogens with zero attached hydrogens (tertiary/aromatic N) is 4. The number of methoxy groups -OCH3 is 1. The predicted octanol–water partition coefficient (Wildman–Crippen LogP) is 1.97. The molecule has 0 N–H and O–H groups in total. The van der Waals surface area contributed by atoms with Crippen molar-refractivity contribution >= 4 is 17.5 Å². The summed E-state index contributed by atoms with van der Waals surface area (Å²) in [4.78, 5) is 15.4. The van der Waals surface area contributed by atoms with Crippen molar-refractivity contribution in [3.05, 3.63) is 47.7 Å². The highest BCUT2D eigenvalue weighted by atomic mass is 16.5. The first-order valence-electron chi connectivity index (χ1n) is 6.90. The fourth-order valence-electron chi connectivity index (χ4n) is 2.03. The molecule has 0 spiro atoms. The molecule has 1 heterocycles. The summed E-state index contributed by atoms with van der Waals surface area (Å²) >= 11 is 0. The average Bonchev–Trinajstić information content (AvgIpc) is 2.54. The fraction of sp³-hybridized carbons (Fsp3) is 0.312. The second-order valence-corrected chi connectivity index (χ2v) is 5.19. The highest BCUT2D eigenvalue weighted by molar-refractivity contribution is 5.86. The van der Waals surface area contributed by atoms with E-state index in [9.17, 15) is 4.79 Å². The SMILES string of the molecule is COC(=O)c1ccc(N(C)Cc2cccc(N(C)C)c2)nn1. The van der Waals surface area contributed by atoms with E-state index >= 15 is 0 Å². The molecule has 0 atom stereocenters. The number of aromatic nitrogens is 2. The molecular formula is C16H20N4O2. The third-order valence-corrected chi connectivity index (χ3v) is 3.28. The lowest BCUT2D eigenvalue weighted by molar-refractivity contribution is 0.0592. The smallest absolute Gasteiger partial charge is 0.358 e. The van der Waals surface area contributed by atoms with Crippen molar-refractivity contribution in [1.82, 2.24) is 10.2 Å². The zero-order valence-electron chi connectivity index (χ0n) is 13.3. The number of hydrogen-bond acceptors (Lipinski definition) is 6. The molecule has 0 saturated carbocycles. The van der Waals surface area contributed by atoms with Gasteiger partial charge in [-0.2, -0.15) is 0 Å². The molecule has 1 aromatic heterocycles. The molecule has 0 radical (unpaired) electrons. The molecule has 0 amide bonds. The van der Waals surface area contributed by atoms with Crippen LogP contribution in [-0.4, -0.2) is 44.4 Å². The van der Waals surface area contributed by atoms with Gasteiger partial charge in [0.25, 0.3) is 0 Å². The van der Waals surface area contributed by atoms with E-state index in [4.69, 9.17) is 0 Å². The van der Waals surface area contributed by atoms with E-state index in [1.807, 2.05) is 32.1 Å². The van der Waals surface area contributed by atoms with Crippen LogP contribution in [0.5, 0.6) is 0 Å². The molecule has 0 unspecified atom stereocenters. The minimum absolute atomic E-state index is 0.203. The van der Waals surface area contributed by atoms with Crippen LogP contribution in [0.3, 0.4) is 0 Å². The number of ether oxygens (including phenoxy) is 1. The van der Waals surface area contributed by atoms with Crippen molar-refractivity contribution in [2.45, 2.75) is 6.54 Å². The Labute approximate surface area is 130 Å². The van der Waals surface area contributed by atoms with Gasteiger partial charge in [0.2, 0.25) is 0 Å². The second-order valence-electron chi connectivity index (χ2n) is 5.19. The van der Waals surface area contributed by atoms with Gasteiger partial charge in [-0.05, 0) is 29.8 Å². The van der Waals surface area contributed by atoms with Crippen LogP contribution in [0.25, 0.3) is 0 Å². The number of carbonyl (C=O) groups excluding carboxylic acids is 1. The van der Waals surface area contributed by atoms with Gasteiger partial charge in [-0.3, -0.25) is 0 Å². The molecule has 2 rings (SSSR count). The van der Waals surface area contributed by atoms with Gasteiger partial charge in [0.05, 0.1) is 7.11 Å². The Morgan fingerprint density at radius 2 is 1.91 bits per heavy atom. The molecule has 0 aliphatic carbocycles. The Bertz CT molecular complexity index is 641. The number of benzene rings is 1. The second kappa shape index (κ2) is 6.89. The van der Waals surface area contributed by atoms with Crippen LogP contribution in [0.1, 0.15) is 16.1 Å². The van der Waals surface area contributed by atoms with Crippen molar-refractivity contribution in [1.29, 1.82) is 0 Å². The molecule has 0 aliphatic heterocycles. The van der Waals surface area contributed by atoms with Gasteiger partial charge in [-0.15, -0.1) is 10.2 Å².